The topological polar surface area (TPSA) is 57.8 Å². The van der Waals surface area contributed by atoms with E-state index in [4.69, 9.17) is 0 Å². The summed E-state index contributed by atoms with van der Waals surface area (Å²) < 4.78 is 0. The summed E-state index contributed by atoms with van der Waals surface area (Å²) in [6.45, 7) is 0.427. The number of benzene rings is 1. The number of carbonyl (C=O) groups is 1. The van der Waals surface area contributed by atoms with E-state index >= 15 is 0 Å². The Morgan fingerprint density at radius 3 is 2.62 bits per heavy atom. The van der Waals surface area contributed by atoms with Gasteiger partial charge in [0.15, 0.2) is 0 Å². The van der Waals surface area contributed by atoms with Gasteiger partial charge in [-0.1, -0.05) is 31.4 Å². The second kappa shape index (κ2) is 6.57. The van der Waals surface area contributed by atoms with E-state index in [1.54, 1.807) is 12.4 Å². The lowest BCUT2D eigenvalue weighted by Gasteiger charge is -2.22. The van der Waals surface area contributed by atoms with E-state index in [9.17, 15) is 4.79 Å². The number of carbonyl (C=O) groups excluding carboxylic acids is 1. The van der Waals surface area contributed by atoms with Crippen LogP contribution < -0.4 is 5.32 Å². The molecule has 0 atom stereocenters. The zero-order chi connectivity index (χ0) is 14.5. The molecule has 0 radical (unpaired) electrons. The van der Waals surface area contributed by atoms with Gasteiger partial charge in [0.1, 0.15) is 5.82 Å². The molecular formula is C17H21N3O. The number of hydrogen-bond donors (Lipinski definition) is 2. The zero-order valence-corrected chi connectivity index (χ0v) is 12.1. The molecule has 1 aromatic heterocycles. The van der Waals surface area contributed by atoms with Crippen molar-refractivity contribution in [2.45, 2.75) is 44.6 Å². The lowest BCUT2D eigenvalue weighted by molar-refractivity contribution is 0.0950. The molecule has 2 N–H and O–H groups in total. The van der Waals surface area contributed by atoms with Gasteiger partial charge in [-0.2, -0.15) is 0 Å². The fourth-order valence-electron chi connectivity index (χ4n) is 3.00. The number of nitrogens with zero attached hydrogens (tertiary/aromatic N) is 1. The molecule has 1 amide bonds. The summed E-state index contributed by atoms with van der Waals surface area (Å²) in [5.74, 6) is 1.39. The first-order valence-electron chi connectivity index (χ1n) is 7.69. The molecule has 4 heteroatoms. The van der Waals surface area contributed by atoms with Gasteiger partial charge in [0.2, 0.25) is 0 Å². The summed E-state index contributed by atoms with van der Waals surface area (Å²) in [7, 11) is 0. The van der Waals surface area contributed by atoms with E-state index < -0.39 is 0 Å². The normalized spacial score (nSPS) is 15.8. The van der Waals surface area contributed by atoms with Crippen molar-refractivity contribution in [3.63, 3.8) is 0 Å². The van der Waals surface area contributed by atoms with Gasteiger partial charge in [-0.25, -0.2) is 4.98 Å². The molecular weight excluding hydrogens is 262 g/mol. The summed E-state index contributed by atoms with van der Waals surface area (Å²) in [5, 5.41) is 2.87. The van der Waals surface area contributed by atoms with E-state index in [1.165, 1.54) is 37.7 Å². The first-order chi connectivity index (χ1) is 10.3. The molecule has 1 aliphatic carbocycles. The molecule has 4 nitrogen and oxygen atoms in total. The van der Waals surface area contributed by atoms with Crippen LogP contribution in [-0.2, 0) is 6.54 Å². The van der Waals surface area contributed by atoms with Gasteiger partial charge in [0.25, 0.3) is 5.91 Å². The van der Waals surface area contributed by atoms with E-state index in [-0.39, 0.29) is 5.91 Å². The highest BCUT2D eigenvalue weighted by Gasteiger charge is 2.15. The zero-order valence-electron chi connectivity index (χ0n) is 12.1. The van der Waals surface area contributed by atoms with Gasteiger partial charge in [-0.15, -0.1) is 0 Å². The van der Waals surface area contributed by atoms with Crippen molar-refractivity contribution in [2.24, 2.45) is 0 Å². The van der Waals surface area contributed by atoms with Crippen molar-refractivity contribution in [1.29, 1.82) is 0 Å². The number of imidazole rings is 1. The Kier molecular flexibility index (Phi) is 4.34. The van der Waals surface area contributed by atoms with Gasteiger partial charge in [0, 0.05) is 18.0 Å². The van der Waals surface area contributed by atoms with E-state index in [1.807, 2.05) is 12.1 Å². The van der Waals surface area contributed by atoms with Gasteiger partial charge < -0.3 is 10.3 Å². The predicted octanol–water partition coefficient (Wildman–Crippen LogP) is 3.39. The number of amides is 1. The minimum Gasteiger partial charge on any atom is -0.347 e. The molecule has 21 heavy (non-hydrogen) atoms. The Morgan fingerprint density at radius 2 is 1.95 bits per heavy atom. The molecule has 0 saturated heterocycles. The van der Waals surface area contributed by atoms with Crippen LogP contribution in [0, 0.1) is 0 Å². The second-order valence-corrected chi connectivity index (χ2v) is 5.68. The fourth-order valence-corrected chi connectivity index (χ4v) is 3.00. The summed E-state index contributed by atoms with van der Waals surface area (Å²) >= 11 is 0. The Balaban J connectivity index is 1.59. The maximum atomic E-state index is 12.1. The number of rotatable bonds is 4. The van der Waals surface area contributed by atoms with Crippen LogP contribution in [0.2, 0.25) is 0 Å². The molecule has 0 aliphatic heterocycles. The molecule has 1 saturated carbocycles. The Hall–Kier alpha value is -2.10. The average molecular weight is 283 g/mol. The summed E-state index contributed by atoms with van der Waals surface area (Å²) in [5.41, 5.74) is 2.08. The highest BCUT2D eigenvalue weighted by Crippen LogP contribution is 2.32. The predicted molar refractivity (Wildman–Crippen MR) is 82.0 cm³/mol. The van der Waals surface area contributed by atoms with Crippen molar-refractivity contribution < 1.29 is 4.79 Å². The molecule has 0 spiro atoms. The van der Waals surface area contributed by atoms with E-state index in [0.29, 0.717) is 18.0 Å². The standard InChI is InChI=1S/C17H21N3O/c21-17(20-12-16-18-10-11-19-16)15-8-6-14(7-9-15)13-4-2-1-3-5-13/h6-11,13H,1-5,12H2,(H,18,19)(H,20,21). The number of aromatic nitrogens is 2. The quantitative estimate of drug-likeness (QED) is 0.903. The lowest BCUT2D eigenvalue weighted by atomic mass is 9.84. The third-order valence-corrected chi connectivity index (χ3v) is 4.22. The van der Waals surface area contributed by atoms with Crippen LogP contribution in [0.15, 0.2) is 36.7 Å². The van der Waals surface area contributed by atoms with Crippen LogP contribution in [0.4, 0.5) is 0 Å². The third-order valence-electron chi connectivity index (χ3n) is 4.22. The Labute approximate surface area is 125 Å². The van der Waals surface area contributed by atoms with E-state index in [2.05, 4.69) is 27.4 Å². The third kappa shape index (κ3) is 3.51. The van der Waals surface area contributed by atoms with Crippen LogP contribution in [-0.4, -0.2) is 15.9 Å². The van der Waals surface area contributed by atoms with Gasteiger partial charge in [-0.3, -0.25) is 4.79 Å². The van der Waals surface area contributed by atoms with Gasteiger partial charge in [0.05, 0.1) is 6.54 Å². The number of hydrogen-bond acceptors (Lipinski definition) is 2. The molecule has 3 rings (SSSR count). The maximum Gasteiger partial charge on any atom is 0.251 e. The molecule has 1 heterocycles. The highest BCUT2D eigenvalue weighted by molar-refractivity contribution is 5.94. The molecule has 1 aromatic carbocycles. The van der Waals surface area contributed by atoms with Crippen LogP contribution in [0.3, 0.4) is 0 Å². The van der Waals surface area contributed by atoms with Crippen LogP contribution in [0.25, 0.3) is 0 Å². The largest absolute Gasteiger partial charge is 0.347 e. The lowest BCUT2D eigenvalue weighted by Crippen LogP contribution is -2.23. The van der Waals surface area contributed by atoms with Crippen LogP contribution >= 0.6 is 0 Å². The molecule has 1 aliphatic rings. The number of H-pyrrole nitrogens is 1. The SMILES string of the molecule is O=C(NCc1ncc[nH]1)c1ccc(C2CCCCC2)cc1. The fraction of sp³-hybridized carbons (Fsp3) is 0.412. The van der Waals surface area contributed by atoms with Gasteiger partial charge in [-0.05, 0) is 36.5 Å². The summed E-state index contributed by atoms with van der Waals surface area (Å²) in [6, 6.07) is 8.08. The summed E-state index contributed by atoms with van der Waals surface area (Å²) in [6.07, 6.45) is 10.0. The minimum atomic E-state index is -0.0541. The van der Waals surface area contributed by atoms with Crippen molar-refractivity contribution >= 4 is 5.91 Å². The maximum absolute atomic E-state index is 12.1. The second-order valence-electron chi connectivity index (χ2n) is 5.68. The molecule has 110 valence electrons. The first-order valence-corrected chi connectivity index (χ1v) is 7.69. The smallest absolute Gasteiger partial charge is 0.251 e. The van der Waals surface area contributed by atoms with E-state index in [0.717, 1.165) is 5.82 Å². The molecule has 0 unspecified atom stereocenters. The van der Waals surface area contributed by atoms with Gasteiger partial charge >= 0.3 is 0 Å². The van der Waals surface area contributed by atoms with Crippen molar-refractivity contribution in [3.05, 3.63) is 53.6 Å². The van der Waals surface area contributed by atoms with Crippen molar-refractivity contribution in [1.82, 2.24) is 15.3 Å². The van der Waals surface area contributed by atoms with Crippen LogP contribution in [0.1, 0.15) is 59.8 Å². The number of aromatic amines is 1. The minimum absolute atomic E-state index is 0.0541. The average Bonchev–Trinajstić information content (AvgIpc) is 3.07. The monoisotopic (exact) mass is 283 g/mol. The number of nitrogens with one attached hydrogen (secondary N) is 2. The first kappa shape index (κ1) is 13.9. The van der Waals surface area contributed by atoms with Crippen molar-refractivity contribution in [2.75, 3.05) is 0 Å². The molecule has 0 bridgehead atoms. The summed E-state index contributed by atoms with van der Waals surface area (Å²) in [4.78, 5) is 19.1. The molecule has 1 fully saturated rings. The molecule has 2 aromatic rings. The Morgan fingerprint density at radius 1 is 1.19 bits per heavy atom. The van der Waals surface area contributed by atoms with Crippen molar-refractivity contribution in [3.8, 4) is 0 Å². The Bertz CT molecular complexity index is 569. The highest BCUT2D eigenvalue weighted by atomic mass is 16.1. The van der Waals surface area contributed by atoms with Crippen LogP contribution in [0.5, 0.6) is 0 Å².